The predicted octanol–water partition coefficient (Wildman–Crippen LogP) is 1.35. The third kappa shape index (κ3) is 4.76. The van der Waals surface area contributed by atoms with E-state index in [2.05, 4.69) is 34.3 Å². The summed E-state index contributed by atoms with van der Waals surface area (Å²) < 4.78 is 1.04. The highest BCUT2D eigenvalue weighted by Crippen LogP contribution is 2.13. The highest BCUT2D eigenvalue weighted by Gasteiger charge is 2.22. The molecule has 1 aliphatic rings. The quantitative estimate of drug-likeness (QED) is 0.635. The van der Waals surface area contributed by atoms with Crippen LogP contribution in [0.4, 0.5) is 0 Å². The molecule has 2 N–H and O–H groups in total. The van der Waals surface area contributed by atoms with Gasteiger partial charge in [0.2, 0.25) is 5.91 Å². The monoisotopic (exact) mass is 431 g/mol. The molecule has 0 aliphatic carbocycles. The van der Waals surface area contributed by atoms with Gasteiger partial charge in [0, 0.05) is 38.1 Å². The van der Waals surface area contributed by atoms with Crippen molar-refractivity contribution in [2.24, 2.45) is 5.73 Å². The van der Waals surface area contributed by atoms with Crippen LogP contribution in [0.1, 0.15) is 16.1 Å². The van der Waals surface area contributed by atoms with E-state index in [1.165, 1.54) is 0 Å². The van der Waals surface area contributed by atoms with Crippen molar-refractivity contribution >= 4 is 28.7 Å². The second kappa shape index (κ2) is 9.57. The molecule has 1 aliphatic heterocycles. The van der Waals surface area contributed by atoms with Gasteiger partial charge in [0.15, 0.2) is 5.69 Å². The fourth-order valence-electron chi connectivity index (χ4n) is 3.83. The van der Waals surface area contributed by atoms with Crippen molar-refractivity contribution in [3.63, 3.8) is 0 Å². The molecule has 8 heteroatoms. The lowest BCUT2D eigenvalue weighted by molar-refractivity contribution is -0.133. The first-order valence-corrected chi connectivity index (χ1v) is 10.5. The zero-order valence-corrected chi connectivity index (χ0v) is 17.7. The summed E-state index contributed by atoms with van der Waals surface area (Å²) in [6.07, 6.45) is 4.21. The average Bonchev–Trinajstić information content (AvgIpc) is 2.82. The molecule has 0 atom stereocenters. The van der Waals surface area contributed by atoms with Gasteiger partial charge >= 0.3 is 0 Å². The number of carbonyl (C=O) groups is 2. The number of hydrogen-bond acceptors (Lipinski definition) is 5. The number of nitrogens with zero attached hydrogens (tertiary/aromatic N) is 4. The van der Waals surface area contributed by atoms with Crippen LogP contribution in [-0.4, -0.2) is 64.1 Å². The van der Waals surface area contributed by atoms with Crippen LogP contribution >= 0.6 is 0 Å². The summed E-state index contributed by atoms with van der Waals surface area (Å²) in [6.45, 7) is 3.23. The van der Waals surface area contributed by atoms with E-state index in [4.69, 9.17) is 5.73 Å². The van der Waals surface area contributed by atoms with E-state index >= 15 is 0 Å². The zero-order valence-electron chi connectivity index (χ0n) is 17.7. The number of amides is 2. The largest absolute Gasteiger partial charge is 0.364 e. The molecule has 2 heterocycles. The van der Waals surface area contributed by atoms with E-state index in [1.54, 1.807) is 29.2 Å². The van der Waals surface area contributed by atoms with Gasteiger partial charge in [0.25, 0.3) is 11.5 Å². The number of aromatic nitrogens is 2. The van der Waals surface area contributed by atoms with Gasteiger partial charge in [-0.2, -0.15) is 5.10 Å². The first-order chi connectivity index (χ1) is 15.5. The Balaban J connectivity index is 1.39. The standard InChI is InChI=1S/C24H25N5O3/c25-23(31)22-19-10-4-5-11-20(19)24(32)29(26-22)17-21(30)28-15-13-27(14-16-28)12-6-9-18-7-2-1-3-8-18/h1-11H,12-17H2,(H2,25,31). The van der Waals surface area contributed by atoms with E-state index in [9.17, 15) is 14.4 Å². The summed E-state index contributed by atoms with van der Waals surface area (Å²) in [6, 6.07) is 16.8. The summed E-state index contributed by atoms with van der Waals surface area (Å²) in [5.74, 6) is -0.940. The number of piperazine rings is 1. The Morgan fingerprint density at radius 3 is 2.28 bits per heavy atom. The van der Waals surface area contributed by atoms with Crippen molar-refractivity contribution in [1.82, 2.24) is 19.6 Å². The van der Waals surface area contributed by atoms with Crippen LogP contribution in [0.2, 0.25) is 0 Å². The Hall–Kier alpha value is -3.78. The molecule has 32 heavy (non-hydrogen) atoms. The maximum atomic E-state index is 12.8. The normalized spacial score (nSPS) is 14.8. The Kier molecular flexibility index (Phi) is 6.42. The Bertz CT molecular complexity index is 1210. The van der Waals surface area contributed by atoms with Gasteiger partial charge in [-0.3, -0.25) is 19.3 Å². The Morgan fingerprint density at radius 1 is 0.938 bits per heavy atom. The summed E-state index contributed by atoms with van der Waals surface area (Å²) in [5.41, 5.74) is 6.17. The number of hydrogen-bond donors (Lipinski definition) is 1. The van der Waals surface area contributed by atoms with Crippen LogP contribution in [0.15, 0.2) is 65.5 Å². The van der Waals surface area contributed by atoms with Crippen molar-refractivity contribution in [2.45, 2.75) is 6.54 Å². The molecule has 1 fully saturated rings. The SMILES string of the molecule is NC(=O)c1nn(CC(=O)N2CCN(CC=Cc3ccccc3)CC2)c(=O)c2ccccc12. The van der Waals surface area contributed by atoms with Gasteiger partial charge in [0.05, 0.1) is 5.39 Å². The van der Waals surface area contributed by atoms with Crippen molar-refractivity contribution in [3.05, 3.63) is 82.3 Å². The summed E-state index contributed by atoms with van der Waals surface area (Å²) in [4.78, 5) is 41.4. The summed E-state index contributed by atoms with van der Waals surface area (Å²) in [5, 5.41) is 4.79. The van der Waals surface area contributed by atoms with E-state index < -0.39 is 11.5 Å². The molecular formula is C24H25N5O3. The van der Waals surface area contributed by atoms with Gasteiger partial charge in [-0.15, -0.1) is 0 Å². The molecule has 2 amide bonds. The van der Waals surface area contributed by atoms with Crippen LogP contribution < -0.4 is 11.3 Å². The molecule has 164 valence electrons. The number of benzene rings is 2. The predicted molar refractivity (Wildman–Crippen MR) is 123 cm³/mol. The van der Waals surface area contributed by atoms with E-state index in [-0.39, 0.29) is 18.1 Å². The maximum absolute atomic E-state index is 12.8. The van der Waals surface area contributed by atoms with Crippen LogP contribution in [-0.2, 0) is 11.3 Å². The van der Waals surface area contributed by atoms with Gasteiger partial charge in [-0.05, 0) is 11.6 Å². The molecule has 8 nitrogen and oxygen atoms in total. The number of fused-ring (bicyclic) bond motifs is 1. The molecule has 2 aromatic carbocycles. The minimum absolute atomic E-state index is 0.0111. The molecule has 1 aromatic heterocycles. The van der Waals surface area contributed by atoms with Gasteiger partial charge in [-0.1, -0.05) is 60.7 Å². The van der Waals surface area contributed by atoms with Crippen LogP contribution in [0.5, 0.6) is 0 Å². The highest BCUT2D eigenvalue weighted by atomic mass is 16.2. The van der Waals surface area contributed by atoms with Gasteiger partial charge in [-0.25, -0.2) is 4.68 Å². The van der Waals surface area contributed by atoms with E-state index in [0.29, 0.717) is 23.9 Å². The summed E-state index contributed by atoms with van der Waals surface area (Å²) in [7, 11) is 0. The van der Waals surface area contributed by atoms with Gasteiger partial charge in [0.1, 0.15) is 6.54 Å². The van der Waals surface area contributed by atoms with E-state index in [1.807, 2.05) is 18.2 Å². The lowest BCUT2D eigenvalue weighted by Gasteiger charge is -2.34. The highest BCUT2D eigenvalue weighted by molar-refractivity contribution is 6.04. The lowest BCUT2D eigenvalue weighted by Crippen LogP contribution is -2.50. The third-order valence-corrected chi connectivity index (χ3v) is 5.58. The minimum Gasteiger partial charge on any atom is -0.364 e. The van der Waals surface area contributed by atoms with Crippen molar-refractivity contribution < 1.29 is 9.59 Å². The number of carbonyl (C=O) groups excluding carboxylic acids is 2. The smallest absolute Gasteiger partial charge is 0.275 e. The van der Waals surface area contributed by atoms with Crippen molar-refractivity contribution in [1.29, 1.82) is 0 Å². The summed E-state index contributed by atoms with van der Waals surface area (Å²) >= 11 is 0. The Morgan fingerprint density at radius 2 is 1.59 bits per heavy atom. The van der Waals surface area contributed by atoms with Crippen molar-refractivity contribution in [3.8, 4) is 0 Å². The van der Waals surface area contributed by atoms with Gasteiger partial charge < -0.3 is 10.6 Å². The Labute approximate surface area is 185 Å². The van der Waals surface area contributed by atoms with Crippen LogP contribution in [0.25, 0.3) is 16.8 Å². The number of rotatable bonds is 6. The lowest BCUT2D eigenvalue weighted by atomic mass is 10.1. The molecule has 0 bridgehead atoms. The van der Waals surface area contributed by atoms with Crippen LogP contribution in [0.3, 0.4) is 0 Å². The molecule has 0 saturated carbocycles. The first-order valence-electron chi connectivity index (χ1n) is 10.5. The number of primary amides is 1. The molecular weight excluding hydrogens is 406 g/mol. The van der Waals surface area contributed by atoms with Crippen LogP contribution in [0, 0.1) is 0 Å². The second-order valence-electron chi connectivity index (χ2n) is 7.72. The third-order valence-electron chi connectivity index (χ3n) is 5.58. The topological polar surface area (TPSA) is 102 Å². The average molecular weight is 431 g/mol. The van der Waals surface area contributed by atoms with E-state index in [0.717, 1.165) is 29.9 Å². The fourth-order valence-corrected chi connectivity index (χ4v) is 3.83. The molecule has 0 radical (unpaired) electrons. The first kappa shape index (κ1) is 21.5. The second-order valence-corrected chi connectivity index (χ2v) is 7.72. The molecule has 0 unspecified atom stereocenters. The zero-order chi connectivity index (χ0) is 22.5. The molecule has 1 saturated heterocycles. The molecule has 4 rings (SSSR count). The minimum atomic E-state index is -0.737. The van der Waals surface area contributed by atoms with Crippen molar-refractivity contribution in [2.75, 3.05) is 32.7 Å². The molecule has 0 spiro atoms. The number of nitrogens with two attached hydrogens (primary N) is 1. The fraction of sp³-hybridized carbons (Fsp3) is 0.250. The molecule has 3 aromatic rings. The maximum Gasteiger partial charge on any atom is 0.275 e.